The van der Waals surface area contributed by atoms with Crippen LogP contribution in [0.2, 0.25) is 0 Å². The van der Waals surface area contributed by atoms with Crippen molar-refractivity contribution in [2.24, 2.45) is 4.99 Å². The van der Waals surface area contributed by atoms with Crippen LogP contribution in [-0.2, 0) is 17.8 Å². The molecule has 0 amide bonds. The third kappa shape index (κ3) is 1.84. The van der Waals surface area contributed by atoms with Crippen molar-refractivity contribution in [1.82, 2.24) is 0 Å². The van der Waals surface area contributed by atoms with Crippen LogP contribution in [0.3, 0.4) is 0 Å². The van der Waals surface area contributed by atoms with Gasteiger partial charge in [0.15, 0.2) is 11.5 Å². The van der Waals surface area contributed by atoms with E-state index in [-0.39, 0.29) is 0 Å². The fraction of sp³-hybridized carbons (Fsp3) is 0.364. The first kappa shape index (κ1) is 11.2. The number of hydrogen-bond donors (Lipinski definition) is 0. The normalized spacial score (nSPS) is 12.6. The fourth-order valence-corrected chi connectivity index (χ4v) is 2.37. The molecule has 0 unspecified atom stereocenters. The average Bonchev–Trinajstić information content (AvgIpc) is 2.78. The third-order valence-corrected chi connectivity index (χ3v) is 3.47. The second kappa shape index (κ2) is 4.68. The molecule has 4 nitrogen and oxygen atoms in total. The lowest BCUT2D eigenvalue weighted by molar-refractivity contribution is 0.326. The predicted octanol–water partition coefficient (Wildman–Crippen LogP) is 2.23. The molecule has 1 heterocycles. The maximum atomic E-state index is 10.1. The van der Waals surface area contributed by atoms with Gasteiger partial charge in [0, 0.05) is 16.5 Å². The quantitative estimate of drug-likeness (QED) is 0.631. The van der Waals surface area contributed by atoms with Crippen LogP contribution < -0.4 is 9.47 Å². The van der Waals surface area contributed by atoms with Gasteiger partial charge in [-0.1, -0.05) is 15.9 Å². The predicted molar refractivity (Wildman–Crippen MR) is 61.7 cm³/mol. The van der Waals surface area contributed by atoms with Crippen molar-refractivity contribution in [3.05, 3.63) is 21.7 Å². The van der Waals surface area contributed by atoms with Gasteiger partial charge in [0.2, 0.25) is 6.08 Å². The first-order valence-electron chi connectivity index (χ1n) is 4.82. The monoisotopic (exact) mass is 283 g/mol. The minimum atomic E-state index is 0.299. The van der Waals surface area contributed by atoms with Crippen molar-refractivity contribution in [1.29, 1.82) is 0 Å². The Morgan fingerprint density at radius 1 is 1.69 bits per heavy atom. The SMILES string of the molecule is COc1cc(CN=C=O)c(Br)c2c1OCC2. The zero-order valence-corrected chi connectivity index (χ0v) is 10.3. The molecule has 5 heteroatoms. The van der Waals surface area contributed by atoms with Gasteiger partial charge in [0.05, 0.1) is 20.3 Å². The first-order valence-corrected chi connectivity index (χ1v) is 5.62. The van der Waals surface area contributed by atoms with E-state index in [2.05, 4.69) is 20.9 Å². The number of halogens is 1. The third-order valence-electron chi connectivity index (χ3n) is 2.48. The number of aliphatic imine (C=N–C) groups is 1. The largest absolute Gasteiger partial charge is 0.493 e. The van der Waals surface area contributed by atoms with Gasteiger partial charge in [-0.05, 0) is 11.6 Å². The average molecular weight is 284 g/mol. The van der Waals surface area contributed by atoms with E-state index in [1.807, 2.05) is 6.07 Å². The van der Waals surface area contributed by atoms with E-state index in [9.17, 15) is 4.79 Å². The highest BCUT2D eigenvalue weighted by atomic mass is 79.9. The number of hydrogen-bond acceptors (Lipinski definition) is 4. The van der Waals surface area contributed by atoms with E-state index in [1.54, 1.807) is 7.11 Å². The lowest BCUT2D eigenvalue weighted by Crippen LogP contribution is -1.94. The molecule has 1 aromatic rings. The molecule has 2 rings (SSSR count). The lowest BCUT2D eigenvalue weighted by Gasteiger charge is -2.11. The molecule has 0 saturated heterocycles. The molecule has 1 aromatic carbocycles. The summed E-state index contributed by atoms with van der Waals surface area (Å²) < 4.78 is 11.7. The van der Waals surface area contributed by atoms with Gasteiger partial charge in [-0.2, -0.15) is 0 Å². The summed E-state index contributed by atoms with van der Waals surface area (Å²) in [6.45, 7) is 0.957. The van der Waals surface area contributed by atoms with Crippen molar-refractivity contribution in [3.63, 3.8) is 0 Å². The number of methoxy groups -OCH3 is 1. The van der Waals surface area contributed by atoms with Gasteiger partial charge in [-0.15, -0.1) is 0 Å². The van der Waals surface area contributed by atoms with Gasteiger partial charge in [0.25, 0.3) is 0 Å². The molecular formula is C11H10BrNO3. The Balaban J connectivity index is 2.51. The van der Waals surface area contributed by atoms with Gasteiger partial charge in [-0.3, -0.25) is 0 Å². The maximum absolute atomic E-state index is 10.1. The number of rotatable bonds is 3. The molecule has 1 aliphatic heterocycles. The molecule has 0 aliphatic carbocycles. The molecule has 0 spiro atoms. The number of carbonyl (C=O) groups excluding carboxylic acids is 1. The molecule has 0 atom stereocenters. The molecule has 0 N–H and O–H groups in total. The van der Waals surface area contributed by atoms with Gasteiger partial charge in [-0.25, -0.2) is 9.79 Å². The van der Waals surface area contributed by atoms with Crippen molar-refractivity contribution >= 4 is 22.0 Å². The van der Waals surface area contributed by atoms with Crippen LogP contribution in [0, 0.1) is 0 Å². The number of ether oxygens (including phenoxy) is 2. The summed E-state index contributed by atoms with van der Waals surface area (Å²) >= 11 is 3.50. The van der Waals surface area contributed by atoms with Gasteiger partial charge >= 0.3 is 0 Å². The maximum Gasteiger partial charge on any atom is 0.235 e. The highest BCUT2D eigenvalue weighted by Gasteiger charge is 2.22. The van der Waals surface area contributed by atoms with Gasteiger partial charge in [0.1, 0.15) is 0 Å². The minimum absolute atomic E-state index is 0.299. The number of benzene rings is 1. The molecular weight excluding hydrogens is 274 g/mol. The summed E-state index contributed by atoms with van der Waals surface area (Å²) in [6, 6.07) is 1.83. The van der Waals surface area contributed by atoms with Crippen LogP contribution in [0.5, 0.6) is 11.5 Å². The van der Waals surface area contributed by atoms with E-state index in [0.717, 1.165) is 27.8 Å². The summed E-state index contributed by atoms with van der Waals surface area (Å²) in [4.78, 5) is 13.7. The molecule has 1 aliphatic rings. The molecule has 0 saturated carbocycles. The zero-order chi connectivity index (χ0) is 11.5. The molecule has 16 heavy (non-hydrogen) atoms. The second-order valence-corrected chi connectivity index (χ2v) is 4.16. The second-order valence-electron chi connectivity index (χ2n) is 3.37. The Hall–Kier alpha value is -1.32. The summed E-state index contributed by atoms with van der Waals surface area (Å²) in [7, 11) is 1.60. The number of fused-ring (bicyclic) bond motifs is 1. The van der Waals surface area contributed by atoms with Crippen LogP contribution in [-0.4, -0.2) is 19.8 Å². The van der Waals surface area contributed by atoms with Crippen molar-refractivity contribution in [2.75, 3.05) is 13.7 Å². The van der Waals surface area contributed by atoms with Crippen molar-refractivity contribution in [3.8, 4) is 11.5 Å². The summed E-state index contributed by atoms with van der Waals surface area (Å²) in [5.74, 6) is 1.47. The lowest BCUT2D eigenvalue weighted by atomic mass is 10.1. The number of isocyanates is 1. The topological polar surface area (TPSA) is 47.9 Å². The van der Waals surface area contributed by atoms with Crippen LogP contribution in [0.4, 0.5) is 0 Å². The Kier molecular flexibility index (Phi) is 3.27. The van der Waals surface area contributed by atoms with Gasteiger partial charge < -0.3 is 9.47 Å². The molecule has 0 fully saturated rings. The summed E-state index contributed by atoms with van der Waals surface area (Å²) in [5.41, 5.74) is 1.99. The Morgan fingerprint density at radius 3 is 3.19 bits per heavy atom. The van der Waals surface area contributed by atoms with E-state index in [4.69, 9.17) is 9.47 Å². The van der Waals surface area contributed by atoms with Crippen molar-refractivity contribution < 1.29 is 14.3 Å². The molecule has 84 valence electrons. The number of nitrogens with zero attached hydrogens (tertiary/aromatic N) is 1. The van der Waals surface area contributed by atoms with E-state index in [0.29, 0.717) is 18.9 Å². The Labute approximate surface area is 101 Å². The van der Waals surface area contributed by atoms with E-state index in [1.165, 1.54) is 6.08 Å². The smallest absolute Gasteiger partial charge is 0.235 e. The van der Waals surface area contributed by atoms with E-state index < -0.39 is 0 Å². The molecule has 0 bridgehead atoms. The summed E-state index contributed by atoms with van der Waals surface area (Å²) in [6.07, 6.45) is 2.37. The highest BCUT2D eigenvalue weighted by Crippen LogP contribution is 2.42. The zero-order valence-electron chi connectivity index (χ0n) is 8.75. The van der Waals surface area contributed by atoms with Crippen LogP contribution in [0.1, 0.15) is 11.1 Å². The first-order chi connectivity index (χ1) is 7.77. The fourth-order valence-electron chi connectivity index (χ4n) is 1.75. The summed E-state index contributed by atoms with van der Waals surface area (Å²) in [5, 5.41) is 0. The Bertz CT molecular complexity index is 467. The molecule has 0 radical (unpaired) electrons. The van der Waals surface area contributed by atoms with Crippen molar-refractivity contribution in [2.45, 2.75) is 13.0 Å². The Morgan fingerprint density at radius 2 is 2.50 bits per heavy atom. The van der Waals surface area contributed by atoms with E-state index >= 15 is 0 Å². The minimum Gasteiger partial charge on any atom is -0.493 e. The molecule has 0 aromatic heterocycles. The standard InChI is InChI=1S/C11H10BrNO3/c1-15-9-4-7(5-13-6-14)10(12)8-2-3-16-11(8)9/h4H,2-3,5H2,1H3. The van der Waals surface area contributed by atoms with Crippen LogP contribution >= 0.6 is 15.9 Å². The van der Waals surface area contributed by atoms with Crippen LogP contribution in [0.15, 0.2) is 15.5 Å². The highest BCUT2D eigenvalue weighted by molar-refractivity contribution is 9.10. The van der Waals surface area contributed by atoms with Crippen LogP contribution in [0.25, 0.3) is 0 Å².